The minimum atomic E-state index is -0.913. The predicted molar refractivity (Wildman–Crippen MR) is 144 cm³/mol. The second-order valence-electron chi connectivity index (χ2n) is 9.38. The van der Waals surface area contributed by atoms with Crippen molar-refractivity contribution in [2.45, 2.75) is 37.7 Å². The molecule has 0 spiro atoms. The number of aromatic nitrogens is 4. The van der Waals surface area contributed by atoms with Crippen molar-refractivity contribution in [3.8, 4) is 34.6 Å². The fourth-order valence-electron chi connectivity index (χ4n) is 4.69. The van der Waals surface area contributed by atoms with Crippen molar-refractivity contribution in [1.29, 1.82) is 0 Å². The first-order valence-corrected chi connectivity index (χ1v) is 12.5. The number of rotatable bonds is 6. The number of benzene rings is 2. The topological polar surface area (TPSA) is 85.5 Å². The fraction of sp³-hybridized carbons (Fsp3) is 0.345. The van der Waals surface area contributed by atoms with Gasteiger partial charge in [-0.2, -0.15) is 5.10 Å². The molecule has 0 radical (unpaired) electrons. The van der Waals surface area contributed by atoms with Crippen LogP contribution in [0.3, 0.4) is 0 Å². The van der Waals surface area contributed by atoms with E-state index >= 15 is 0 Å². The van der Waals surface area contributed by atoms with E-state index in [0.717, 1.165) is 65.8 Å². The number of fused-ring (bicyclic) bond motifs is 1. The van der Waals surface area contributed by atoms with Gasteiger partial charge in [0.25, 0.3) is 0 Å². The Balaban J connectivity index is 1.56. The highest BCUT2D eigenvalue weighted by molar-refractivity contribution is 5.83. The molecule has 0 aliphatic heterocycles. The number of hydrogen-bond acceptors (Lipinski definition) is 7. The summed E-state index contributed by atoms with van der Waals surface area (Å²) in [4.78, 5) is 11.5. The molecule has 1 fully saturated rings. The van der Waals surface area contributed by atoms with Crippen LogP contribution >= 0.6 is 0 Å². The number of aryl methyl sites for hydroxylation is 1. The summed E-state index contributed by atoms with van der Waals surface area (Å²) in [5, 5.41) is 15.2. The summed E-state index contributed by atoms with van der Waals surface area (Å²) in [5.74, 6) is 7.77. The lowest BCUT2D eigenvalue weighted by molar-refractivity contribution is 0.0609. The van der Waals surface area contributed by atoms with Crippen molar-refractivity contribution in [3.05, 3.63) is 55.0 Å². The van der Waals surface area contributed by atoms with E-state index in [-0.39, 0.29) is 0 Å². The number of anilines is 2. The van der Waals surface area contributed by atoms with Crippen LogP contribution in [0.15, 0.2) is 55.0 Å². The minimum Gasteiger partial charge on any atom is -0.497 e. The Bertz CT molecular complexity index is 1440. The number of ether oxygens (including phenoxy) is 2. The zero-order valence-corrected chi connectivity index (χ0v) is 21.4. The molecule has 5 rings (SSSR count). The predicted octanol–water partition coefficient (Wildman–Crippen LogP) is 4.88. The van der Waals surface area contributed by atoms with Crippen molar-refractivity contribution in [3.63, 3.8) is 0 Å². The van der Waals surface area contributed by atoms with E-state index in [1.165, 1.54) is 0 Å². The van der Waals surface area contributed by atoms with Gasteiger partial charge in [0.2, 0.25) is 0 Å². The lowest BCUT2D eigenvalue weighted by Crippen LogP contribution is -2.29. The van der Waals surface area contributed by atoms with Gasteiger partial charge in [0.1, 0.15) is 17.1 Å². The third kappa shape index (κ3) is 5.52. The molecule has 0 amide bonds. The van der Waals surface area contributed by atoms with Gasteiger partial charge in [-0.25, -0.2) is 4.98 Å². The van der Waals surface area contributed by atoms with Crippen molar-refractivity contribution in [2.75, 3.05) is 25.7 Å². The maximum Gasteiger partial charge on any atom is 0.125 e. The van der Waals surface area contributed by atoms with E-state index in [0.29, 0.717) is 18.0 Å². The molecule has 1 aliphatic rings. The van der Waals surface area contributed by atoms with Crippen molar-refractivity contribution in [2.24, 2.45) is 7.05 Å². The Hall–Kier alpha value is -4.09. The molecule has 1 aliphatic carbocycles. The maximum atomic E-state index is 10.9. The highest BCUT2D eigenvalue weighted by Crippen LogP contribution is 2.34. The van der Waals surface area contributed by atoms with Crippen LogP contribution in [-0.2, 0) is 7.05 Å². The van der Waals surface area contributed by atoms with E-state index in [1.54, 1.807) is 31.3 Å². The van der Waals surface area contributed by atoms with Gasteiger partial charge in [-0.05, 0) is 43.9 Å². The van der Waals surface area contributed by atoms with Gasteiger partial charge in [-0.15, -0.1) is 0 Å². The van der Waals surface area contributed by atoms with E-state index in [2.05, 4.69) is 26.8 Å². The zero-order valence-electron chi connectivity index (χ0n) is 21.4. The molecule has 0 atom stereocenters. The molecule has 0 saturated heterocycles. The van der Waals surface area contributed by atoms with Crippen LogP contribution in [0.2, 0.25) is 0 Å². The molecule has 37 heavy (non-hydrogen) atoms. The van der Waals surface area contributed by atoms with Crippen LogP contribution in [0, 0.1) is 11.8 Å². The summed E-state index contributed by atoms with van der Waals surface area (Å²) in [7, 11) is 5.14. The second-order valence-corrected chi connectivity index (χ2v) is 9.38. The summed E-state index contributed by atoms with van der Waals surface area (Å²) < 4.78 is 12.8. The normalized spacial score (nSPS) is 14.6. The summed E-state index contributed by atoms with van der Waals surface area (Å²) in [6.45, 7) is 0.375. The molecule has 8 heteroatoms. The fourth-order valence-corrected chi connectivity index (χ4v) is 4.69. The van der Waals surface area contributed by atoms with Crippen LogP contribution in [0.1, 0.15) is 32.1 Å². The zero-order chi connectivity index (χ0) is 25.8. The van der Waals surface area contributed by atoms with Gasteiger partial charge in [0.05, 0.1) is 49.9 Å². The molecule has 1 N–H and O–H groups in total. The SMILES string of the molecule is COc1cc(OC)cc(N(CC#CC2(O)CCCCC2)c2ccc3ncc(-c4cnn(C)c4)nc3c2)c1. The Morgan fingerprint density at radius 1 is 0.973 bits per heavy atom. The highest BCUT2D eigenvalue weighted by atomic mass is 16.5. The number of nitrogens with zero attached hydrogens (tertiary/aromatic N) is 5. The van der Waals surface area contributed by atoms with Crippen molar-refractivity contribution < 1.29 is 14.6 Å². The monoisotopic (exact) mass is 497 g/mol. The van der Waals surface area contributed by atoms with Gasteiger partial charge in [0.15, 0.2) is 0 Å². The van der Waals surface area contributed by atoms with Crippen molar-refractivity contribution in [1.82, 2.24) is 19.7 Å². The summed E-state index contributed by atoms with van der Waals surface area (Å²) >= 11 is 0. The molecule has 1 saturated carbocycles. The lowest BCUT2D eigenvalue weighted by Gasteiger charge is -2.27. The van der Waals surface area contributed by atoms with Gasteiger partial charge in [0, 0.05) is 48.4 Å². The van der Waals surface area contributed by atoms with E-state index in [1.807, 2.05) is 49.6 Å². The summed E-state index contributed by atoms with van der Waals surface area (Å²) in [5.41, 5.74) is 4.06. The van der Waals surface area contributed by atoms with Crippen LogP contribution in [0.5, 0.6) is 11.5 Å². The standard InChI is InChI=1S/C29H31N5O3/c1-33-20-21(18-31-33)28-19-30-26-9-8-22(16-27(26)32-28)34(13-7-12-29(35)10-5-4-6-11-29)23-14-24(36-2)17-25(15-23)37-3/h8-9,14-20,35H,4-6,10-11,13H2,1-3H3. The largest absolute Gasteiger partial charge is 0.497 e. The summed E-state index contributed by atoms with van der Waals surface area (Å²) in [6, 6.07) is 11.7. The quantitative estimate of drug-likeness (QED) is 0.380. The molecule has 0 unspecified atom stereocenters. The minimum absolute atomic E-state index is 0.375. The van der Waals surface area contributed by atoms with Gasteiger partial charge >= 0.3 is 0 Å². The Morgan fingerprint density at radius 3 is 2.41 bits per heavy atom. The van der Waals surface area contributed by atoms with Crippen LogP contribution in [-0.4, -0.2) is 51.2 Å². The van der Waals surface area contributed by atoms with Gasteiger partial charge in [-0.3, -0.25) is 9.67 Å². The van der Waals surface area contributed by atoms with Crippen molar-refractivity contribution >= 4 is 22.4 Å². The van der Waals surface area contributed by atoms with E-state index in [4.69, 9.17) is 14.5 Å². The molecule has 2 heterocycles. The van der Waals surface area contributed by atoms with Crippen LogP contribution in [0.25, 0.3) is 22.3 Å². The molecule has 0 bridgehead atoms. The smallest absolute Gasteiger partial charge is 0.125 e. The third-order valence-corrected chi connectivity index (χ3v) is 6.72. The van der Waals surface area contributed by atoms with Gasteiger partial charge < -0.3 is 19.5 Å². The number of methoxy groups -OCH3 is 2. The maximum absolute atomic E-state index is 10.9. The highest BCUT2D eigenvalue weighted by Gasteiger charge is 2.26. The van der Waals surface area contributed by atoms with Gasteiger partial charge in [-0.1, -0.05) is 18.3 Å². The molecule has 2 aromatic carbocycles. The Kier molecular flexibility index (Phi) is 6.97. The first-order chi connectivity index (χ1) is 18.0. The van der Waals surface area contributed by atoms with Crippen LogP contribution in [0.4, 0.5) is 11.4 Å². The molecule has 2 aromatic heterocycles. The molecule has 8 nitrogen and oxygen atoms in total. The Morgan fingerprint density at radius 2 is 1.73 bits per heavy atom. The molecule has 190 valence electrons. The lowest BCUT2D eigenvalue weighted by atomic mass is 9.85. The molecule has 4 aromatic rings. The van der Waals surface area contributed by atoms with E-state index < -0.39 is 5.60 Å². The van der Waals surface area contributed by atoms with E-state index in [9.17, 15) is 5.11 Å². The number of hydrogen-bond donors (Lipinski definition) is 1. The average Bonchev–Trinajstić information content (AvgIpc) is 3.36. The van der Waals surface area contributed by atoms with Crippen LogP contribution < -0.4 is 14.4 Å². The Labute approximate surface area is 216 Å². The summed E-state index contributed by atoms with van der Waals surface area (Å²) in [6.07, 6.45) is 10.1. The molecular formula is C29H31N5O3. The first-order valence-electron chi connectivity index (χ1n) is 12.5. The second kappa shape index (κ2) is 10.5. The average molecular weight is 498 g/mol. The third-order valence-electron chi connectivity index (χ3n) is 6.72. The first kappa shape index (κ1) is 24.6. The molecular weight excluding hydrogens is 466 g/mol. The number of aliphatic hydroxyl groups is 1.